The predicted molar refractivity (Wildman–Crippen MR) is 88.1 cm³/mol. The van der Waals surface area contributed by atoms with Crippen molar-refractivity contribution in [2.45, 2.75) is 18.4 Å². The lowest BCUT2D eigenvalue weighted by atomic mass is 10.1. The van der Waals surface area contributed by atoms with Gasteiger partial charge in [0, 0.05) is 19.7 Å². The van der Waals surface area contributed by atoms with Crippen LogP contribution in [0.2, 0.25) is 0 Å². The first-order chi connectivity index (χ1) is 10.8. The van der Waals surface area contributed by atoms with Crippen LogP contribution in [0, 0.1) is 0 Å². The van der Waals surface area contributed by atoms with Crippen molar-refractivity contribution in [2.24, 2.45) is 0 Å². The first-order valence-electron chi connectivity index (χ1n) is 7.06. The Morgan fingerprint density at radius 1 is 1.09 bits per heavy atom. The number of sulfonamides is 1. The monoisotopic (exact) mass is 333 g/mol. The van der Waals surface area contributed by atoms with E-state index in [1.165, 1.54) is 25.3 Å². The van der Waals surface area contributed by atoms with Crippen molar-refractivity contribution >= 4 is 15.8 Å². The van der Waals surface area contributed by atoms with Crippen molar-refractivity contribution < 1.29 is 17.9 Å². The van der Waals surface area contributed by atoms with Gasteiger partial charge in [-0.15, -0.1) is 0 Å². The zero-order valence-corrected chi connectivity index (χ0v) is 14.1. The molecule has 6 heteroatoms. The molecule has 0 aliphatic heterocycles. The summed E-state index contributed by atoms with van der Waals surface area (Å²) in [5, 5.41) is 0. The second kappa shape index (κ2) is 6.93. The van der Waals surface area contributed by atoms with E-state index < -0.39 is 10.0 Å². The van der Waals surface area contributed by atoms with Crippen molar-refractivity contribution in [1.82, 2.24) is 4.31 Å². The first-order valence-corrected chi connectivity index (χ1v) is 8.50. The summed E-state index contributed by atoms with van der Waals surface area (Å²) in [4.78, 5) is 11.5. The maximum Gasteiger partial charge on any atom is 0.242 e. The molecule has 0 aliphatic carbocycles. The highest BCUT2D eigenvalue weighted by Gasteiger charge is 2.17. The van der Waals surface area contributed by atoms with Gasteiger partial charge in [0.2, 0.25) is 10.0 Å². The van der Waals surface area contributed by atoms with Crippen LogP contribution in [-0.2, 0) is 16.6 Å². The normalized spacial score (nSPS) is 11.5. The lowest BCUT2D eigenvalue weighted by molar-refractivity contribution is 0.101. The van der Waals surface area contributed by atoms with Gasteiger partial charge in [0.05, 0.1) is 4.90 Å². The Balaban J connectivity index is 2.11. The lowest BCUT2D eigenvalue weighted by Crippen LogP contribution is -2.22. The fourth-order valence-electron chi connectivity index (χ4n) is 1.96. The molecule has 0 spiro atoms. The van der Waals surface area contributed by atoms with Gasteiger partial charge in [-0.2, -0.15) is 0 Å². The molecule has 0 saturated heterocycles. The summed E-state index contributed by atoms with van der Waals surface area (Å²) < 4.78 is 31.0. The number of carbonyl (C=O) groups excluding carboxylic acids is 1. The number of hydrogen-bond acceptors (Lipinski definition) is 4. The summed E-state index contributed by atoms with van der Waals surface area (Å²) in [6.45, 7) is 1.75. The molecule has 0 heterocycles. The summed E-state index contributed by atoms with van der Waals surface area (Å²) in [7, 11) is -0.467. The number of benzene rings is 2. The van der Waals surface area contributed by atoms with Crippen LogP contribution in [0.5, 0.6) is 5.75 Å². The van der Waals surface area contributed by atoms with E-state index in [2.05, 4.69) is 0 Å². The molecule has 0 aromatic heterocycles. The molecular formula is C17H19NO4S. The highest BCUT2D eigenvalue weighted by molar-refractivity contribution is 7.89. The van der Waals surface area contributed by atoms with E-state index in [0.717, 1.165) is 5.56 Å². The molecule has 0 atom stereocenters. The Kier molecular flexibility index (Phi) is 5.18. The molecule has 23 heavy (non-hydrogen) atoms. The molecule has 5 nitrogen and oxygen atoms in total. The van der Waals surface area contributed by atoms with Crippen LogP contribution < -0.4 is 4.74 Å². The Hall–Kier alpha value is -2.18. The number of rotatable bonds is 6. The van der Waals surface area contributed by atoms with Gasteiger partial charge in [-0.25, -0.2) is 12.7 Å². The average Bonchev–Trinajstić information content (AvgIpc) is 2.53. The quantitative estimate of drug-likeness (QED) is 0.763. The van der Waals surface area contributed by atoms with Gasteiger partial charge in [0.1, 0.15) is 12.4 Å². The van der Waals surface area contributed by atoms with Crippen molar-refractivity contribution in [3.05, 3.63) is 59.7 Å². The van der Waals surface area contributed by atoms with E-state index in [-0.39, 0.29) is 17.3 Å². The maximum atomic E-state index is 12.1. The van der Waals surface area contributed by atoms with Crippen molar-refractivity contribution in [2.75, 3.05) is 14.1 Å². The lowest BCUT2D eigenvalue weighted by Gasteiger charge is -2.12. The summed E-state index contributed by atoms with van der Waals surface area (Å²) in [5.74, 6) is 0.619. The molecular weight excluding hydrogens is 314 g/mol. The molecule has 2 rings (SSSR count). The van der Waals surface area contributed by atoms with Crippen LogP contribution in [0.3, 0.4) is 0 Å². The Morgan fingerprint density at radius 3 is 2.30 bits per heavy atom. The van der Waals surface area contributed by atoms with Crippen LogP contribution >= 0.6 is 0 Å². The summed E-state index contributed by atoms with van der Waals surface area (Å²) >= 11 is 0. The van der Waals surface area contributed by atoms with Crippen molar-refractivity contribution in [3.8, 4) is 5.75 Å². The highest BCUT2D eigenvalue weighted by atomic mass is 32.2. The van der Waals surface area contributed by atoms with E-state index in [0.29, 0.717) is 11.3 Å². The minimum Gasteiger partial charge on any atom is -0.489 e. The average molecular weight is 333 g/mol. The number of ketones is 1. The molecule has 122 valence electrons. The number of Topliss-reactive ketones (excluding diaryl/α,β-unsaturated/α-hetero) is 1. The van der Waals surface area contributed by atoms with Gasteiger partial charge in [0.15, 0.2) is 5.78 Å². The Bertz CT molecular complexity index is 796. The fraction of sp³-hybridized carbons (Fsp3) is 0.235. The zero-order chi connectivity index (χ0) is 17.0. The third-order valence-corrected chi connectivity index (χ3v) is 5.15. The number of carbonyl (C=O) groups is 1. The molecule has 0 saturated carbocycles. The van der Waals surface area contributed by atoms with E-state index >= 15 is 0 Å². The molecule has 0 bridgehead atoms. The fourth-order valence-corrected chi connectivity index (χ4v) is 2.93. The van der Waals surface area contributed by atoms with Crippen LogP contribution in [-0.4, -0.2) is 32.6 Å². The van der Waals surface area contributed by atoms with Crippen molar-refractivity contribution in [1.29, 1.82) is 0 Å². The summed E-state index contributed by atoms with van der Waals surface area (Å²) in [5.41, 5.74) is 1.37. The smallest absolute Gasteiger partial charge is 0.242 e. The molecule has 0 radical (unpaired) electrons. The second-order valence-electron chi connectivity index (χ2n) is 5.30. The van der Waals surface area contributed by atoms with Gasteiger partial charge < -0.3 is 4.74 Å². The van der Waals surface area contributed by atoms with Crippen LogP contribution in [0.15, 0.2) is 53.4 Å². The number of hydrogen-bond donors (Lipinski definition) is 0. The van der Waals surface area contributed by atoms with E-state index in [1.54, 1.807) is 48.5 Å². The van der Waals surface area contributed by atoms with Gasteiger partial charge in [-0.05, 0) is 48.9 Å². The topological polar surface area (TPSA) is 63.7 Å². The third-order valence-electron chi connectivity index (χ3n) is 3.34. The molecule has 0 aliphatic rings. The molecule has 0 fully saturated rings. The van der Waals surface area contributed by atoms with Crippen LogP contribution in [0.4, 0.5) is 0 Å². The Labute approximate surface area is 136 Å². The molecule has 0 unspecified atom stereocenters. The van der Waals surface area contributed by atoms with E-state index in [1.807, 2.05) is 0 Å². The summed E-state index contributed by atoms with van der Waals surface area (Å²) in [6.07, 6.45) is 0. The number of ether oxygens (including phenoxy) is 1. The van der Waals surface area contributed by atoms with E-state index in [4.69, 9.17) is 4.74 Å². The molecule has 0 N–H and O–H groups in total. The predicted octanol–water partition coefficient (Wildman–Crippen LogP) is 2.72. The first kappa shape index (κ1) is 17.2. The van der Waals surface area contributed by atoms with Gasteiger partial charge >= 0.3 is 0 Å². The number of nitrogens with zero attached hydrogens (tertiary/aromatic N) is 1. The molecule has 0 amide bonds. The standard InChI is InChI=1S/C17H19NO4S/c1-13(19)15-7-9-16(10-8-15)22-12-14-5-4-6-17(11-14)23(20,21)18(2)3/h4-11H,12H2,1-3H3. The maximum absolute atomic E-state index is 12.1. The zero-order valence-electron chi connectivity index (χ0n) is 13.3. The largest absolute Gasteiger partial charge is 0.489 e. The second-order valence-corrected chi connectivity index (χ2v) is 7.46. The third kappa shape index (κ3) is 4.18. The minimum atomic E-state index is -3.46. The van der Waals surface area contributed by atoms with Gasteiger partial charge in [0.25, 0.3) is 0 Å². The van der Waals surface area contributed by atoms with Crippen molar-refractivity contribution in [3.63, 3.8) is 0 Å². The van der Waals surface area contributed by atoms with Crippen LogP contribution in [0.25, 0.3) is 0 Å². The molecule has 2 aromatic carbocycles. The highest BCUT2D eigenvalue weighted by Crippen LogP contribution is 2.18. The van der Waals surface area contributed by atoms with Gasteiger partial charge in [-0.1, -0.05) is 12.1 Å². The van der Waals surface area contributed by atoms with Crippen LogP contribution in [0.1, 0.15) is 22.8 Å². The SMILES string of the molecule is CC(=O)c1ccc(OCc2cccc(S(=O)(=O)N(C)C)c2)cc1. The Morgan fingerprint density at radius 2 is 1.74 bits per heavy atom. The minimum absolute atomic E-state index is 0.00172. The summed E-state index contributed by atoms with van der Waals surface area (Å²) in [6, 6.07) is 13.5. The van der Waals surface area contributed by atoms with E-state index in [9.17, 15) is 13.2 Å². The molecule has 2 aromatic rings. The van der Waals surface area contributed by atoms with Gasteiger partial charge in [-0.3, -0.25) is 4.79 Å².